The van der Waals surface area contributed by atoms with Gasteiger partial charge in [-0.1, -0.05) is 0 Å². The SMILES string of the molecule is Cn1c(-c2cnc(CN)o2)cc2cc(O)ccc21. The predicted octanol–water partition coefficient (Wildman–Crippen LogP) is 2.00. The van der Waals surface area contributed by atoms with E-state index in [0.29, 0.717) is 11.7 Å². The molecule has 5 heteroatoms. The zero-order valence-electron chi connectivity index (χ0n) is 9.92. The van der Waals surface area contributed by atoms with Crippen molar-refractivity contribution in [2.24, 2.45) is 12.8 Å². The maximum atomic E-state index is 9.48. The van der Waals surface area contributed by atoms with Gasteiger partial charge in [0, 0.05) is 18.0 Å². The first-order valence-electron chi connectivity index (χ1n) is 5.62. The van der Waals surface area contributed by atoms with Crippen molar-refractivity contribution >= 4 is 10.9 Å². The third kappa shape index (κ3) is 1.56. The Labute approximate surface area is 103 Å². The molecule has 92 valence electrons. The summed E-state index contributed by atoms with van der Waals surface area (Å²) in [5.74, 6) is 1.44. The van der Waals surface area contributed by atoms with Gasteiger partial charge in [0.2, 0.25) is 5.89 Å². The first kappa shape index (κ1) is 10.9. The fourth-order valence-electron chi connectivity index (χ4n) is 2.10. The van der Waals surface area contributed by atoms with Gasteiger partial charge in [0.25, 0.3) is 0 Å². The van der Waals surface area contributed by atoms with Crippen LogP contribution in [0, 0.1) is 0 Å². The van der Waals surface area contributed by atoms with Crippen LogP contribution in [0.25, 0.3) is 22.4 Å². The normalized spacial score (nSPS) is 11.2. The quantitative estimate of drug-likeness (QED) is 0.721. The number of rotatable bonds is 2. The van der Waals surface area contributed by atoms with E-state index in [1.165, 1.54) is 0 Å². The van der Waals surface area contributed by atoms with Gasteiger partial charge < -0.3 is 19.8 Å². The number of oxazole rings is 1. The van der Waals surface area contributed by atoms with E-state index >= 15 is 0 Å². The second kappa shape index (κ2) is 3.89. The molecule has 0 unspecified atom stereocenters. The van der Waals surface area contributed by atoms with E-state index in [4.69, 9.17) is 10.2 Å². The zero-order valence-corrected chi connectivity index (χ0v) is 9.92. The molecule has 18 heavy (non-hydrogen) atoms. The fraction of sp³-hybridized carbons (Fsp3) is 0.154. The van der Waals surface area contributed by atoms with E-state index < -0.39 is 0 Å². The van der Waals surface area contributed by atoms with Crippen molar-refractivity contribution < 1.29 is 9.52 Å². The second-order valence-corrected chi connectivity index (χ2v) is 4.15. The Balaban J connectivity index is 2.20. The Morgan fingerprint density at radius 1 is 1.39 bits per heavy atom. The lowest BCUT2D eigenvalue weighted by molar-refractivity contribution is 0.476. The van der Waals surface area contributed by atoms with Gasteiger partial charge >= 0.3 is 0 Å². The molecular formula is C13H13N3O2. The number of nitrogens with two attached hydrogens (primary N) is 1. The van der Waals surface area contributed by atoms with Crippen LogP contribution in [-0.4, -0.2) is 14.7 Å². The van der Waals surface area contributed by atoms with Gasteiger partial charge in [-0.2, -0.15) is 0 Å². The molecule has 5 nitrogen and oxygen atoms in total. The Kier molecular flexibility index (Phi) is 2.34. The Morgan fingerprint density at radius 3 is 2.94 bits per heavy atom. The molecule has 0 fully saturated rings. The van der Waals surface area contributed by atoms with E-state index in [1.54, 1.807) is 18.3 Å². The highest BCUT2D eigenvalue weighted by Gasteiger charge is 2.12. The lowest BCUT2D eigenvalue weighted by Crippen LogP contribution is -1.95. The van der Waals surface area contributed by atoms with Gasteiger partial charge in [0.1, 0.15) is 5.75 Å². The van der Waals surface area contributed by atoms with Crippen LogP contribution in [0.15, 0.2) is 34.9 Å². The average molecular weight is 243 g/mol. The number of phenols is 1. The highest BCUT2D eigenvalue weighted by Crippen LogP contribution is 2.29. The van der Waals surface area contributed by atoms with Crippen molar-refractivity contribution in [1.29, 1.82) is 0 Å². The molecule has 0 aliphatic carbocycles. The first-order valence-corrected chi connectivity index (χ1v) is 5.62. The van der Waals surface area contributed by atoms with Gasteiger partial charge in [-0.3, -0.25) is 0 Å². The van der Waals surface area contributed by atoms with Crippen LogP contribution in [0.1, 0.15) is 5.89 Å². The topological polar surface area (TPSA) is 77.2 Å². The Bertz CT molecular complexity index is 712. The van der Waals surface area contributed by atoms with Crippen LogP contribution in [-0.2, 0) is 13.6 Å². The minimum absolute atomic E-state index is 0.250. The second-order valence-electron chi connectivity index (χ2n) is 4.15. The van der Waals surface area contributed by atoms with E-state index in [1.807, 2.05) is 23.7 Å². The number of hydrogen-bond acceptors (Lipinski definition) is 4. The van der Waals surface area contributed by atoms with Crippen molar-refractivity contribution in [1.82, 2.24) is 9.55 Å². The van der Waals surface area contributed by atoms with Crippen molar-refractivity contribution in [2.75, 3.05) is 0 Å². The molecule has 0 amide bonds. The summed E-state index contributed by atoms with van der Waals surface area (Å²) in [6.07, 6.45) is 1.66. The summed E-state index contributed by atoms with van der Waals surface area (Å²) in [5, 5.41) is 10.4. The van der Waals surface area contributed by atoms with Gasteiger partial charge in [-0.05, 0) is 24.3 Å². The lowest BCUT2D eigenvalue weighted by Gasteiger charge is -2.00. The minimum Gasteiger partial charge on any atom is -0.508 e. The third-order valence-corrected chi connectivity index (χ3v) is 3.01. The Hall–Kier alpha value is -2.27. The molecule has 3 N–H and O–H groups in total. The summed E-state index contributed by atoms with van der Waals surface area (Å²) in [5.41, 5.74) is 7.41. The number of hydrogen-bond donors (Lipinski definition) is 2. The third-order valence-electron chi connectivity index (χ3n) is 3.01. The minimum atomic E-state index is 0.250. The number of phenolic OH excluding ortho intramolecular Hbond substituents is 1. The van der Waals surface area contributed by atoms with Gasteiger partial charge in [0.05, 0.1) is 18.4 Å². The summed E-state index contributed by atoms with van der Waals surface area (Å²) >= 11 is 0. The maximum Gasteiger partial charge on any atom is 0.208 e. The molecule has 0 bridgehead atoms. The predicted molar refractivity (Wildman–Crippen MR) is 68.0 cm³/mol. The molecule has 0 radical (unpaired) electrons. The highest BCUT2D eigenvalue weighted by molar-refractivity contribution is 5.87. The summed E-state index contributed by atoms with van der Waals surface area (Å²) in [6.45, 7) is 0.282. The van der Waals surface area contributed by atoms with E-state index in [9.17, 15) is 5.11 Å². The molecule has 2 aromatic heterocycles. The molecule has 1 aromatic carbocycles. The zero-order chi connectivity index (χ0) is 12.7. The molecular weight excluding hydrogens is 230 g/mol. The summed E-state index contributed by atoms with van der Waals surface area (Å²) in [6, 6.07) is 7.21. The Morgan fingerprint density at radius 2 is 2.22 bits per heavy atom. The molecule has 2 heterocycles. The van der Waals surface area contributed by atoms with Crippen LogP contribution in [0.3, 0.4) is 0 Å². The van der Waals surface area contributed by atoms with Crippen molar-refractivity contribution in [3.05, 3.63) is 36.4 Å². The van der Waals surface area contributed by atoms with Crippen LogP contribution in [0.4, 0.5) is 0 Å². The van der Waals surface area contributed by atoms with E-state index in [0.717, 1.165) is 16.6 Å². The molecule has 0 saturated heterocycles. The standard InChI is InChI=1S/C13H13N3O2/c1-16-10-3-2-9(17)4-8(10)5-11(16)12-7-15-13(6-14)18-12/h2-5,7,17H,6,14H2,1H3. The fourth-order valence-corrected chi connectivity index (χ4v) is 2.10. The molecule has 0 aliphatic rings. The maximum absolute atomic E-state index is 9.48. The van der Waals surface area contributed by atoms with E-state index in [-0.39, 0.29) is 12.3 Å². The van der Waals surface area contributed by atoms with Crippen molar-refractivity contribution in [3.8, 4) is 17.2 Å². The van der Waals surface area contributed by atoms with Gasteiger partial charge in [0.15, 0.2) is 5.76 Å². The van der Waals surface area contributed by atoms with E-state index in [2.05, 4.69) is 4.98 Å². The van der Waals surface area contributed by atoms with Crippen LogP contribution >= 0.6 is 0 Å². The number of nitrogens with zero attached hydrogens (tertiary/aromatic N) is 2. The number of fused-ring (bicyclic) bond motifs is 1. The molecule has 3 aromatic rings. The van der Waals surface area contributed by atoms with Crippen molar-refractivity contribution in [2.45, 2.75) is 6.54 Å². The number of aromatic hydroxyl groups is 1. The van der Waals surface area contributed by atoms with Crippen LogP contribution in [0.5, 0.6) is 5.75 Å². The molecule has 0 atom stereocenters. The number of aryl methyl sites for hydroxylation is 1. The van der Waals surface area contributed by atoms with Gasteiger partial charge in [-0.15, -0.1) is 0 Å². The average Bonchev–Trinajstić information content (AvgIpc) is 2.94. The van der Waals surface area contributed by atoms with Crippen molar-refractivity contribution in [3.63, 3.8) is 0 Å². The molecule has 3 rings (SSSR count). The largest absolute Gasteiger partial charge is 0.508 e. The van der Waals surface area contributed by atoms with Gasteiger partial charge in [-0.25, -0.2) is 4.98 Å². The monoisotopic (exact) mass is 243 g/mol. The number of aromatic nitrogens is 2. The molecule has 0 saturated carbocycles. The summed E-state index contributed by atoms with van der Waals surface area (Å²) < 4.78 is 7.54. The molecule has 0 spiro atoms. The lowest BCUT2D eigenvalue weighted by atomic mass is 10.2. The molecule has 0 aliphatic heterocycles. The smallest absolute Gasteiger partial charge is 0.208 e. The summed E-state index contributed by atoms with van der Waals surface area (Å²) in [7, 11) is 1.94. The highest BCUT2D eigenvalue weighted by atomic mass is 16.4. The first-order chi connectivity index (χ1) is 8.69. The van der Waals surface area contributed by atoms with Crippen LogP contribution < -0.4 is 5.73 Å². The summed E-state index contributed by atoms with van der Waals surface area (Å²) in [4.78, 5) is 4.09. The number of benzene rings is 1. The van der Waals surface area contributed by atoms with Crippen LogP contribution in [0.2, 0.25) is 0 Å².